The predicted molar refractivity (Wildman–Crippen MR) is 172 cm³/mol. The molecule has 8 nitrogen and oxygen atoms in total. The molecule has 0 aliphatic carbocycles. The Labute approximate surface area is 259 Å². The first-order chi connectivity index (χ1) is 21.1. The molecule has 0 saturated carbocycles. The molecule has 0 fully saturated rings. The van der Waals surface area contributed by atoms with Crippen LogP contribution in [0.2, 0.25) is 0 Å². The molecule has 2 N–H and O–H groups in total. The van der Waals surface area contributed by atoms with Gasteiger partial charge < -0.3 is 29.2 Å². The van der Waals surface area contributed by atoms with E-state index in [1.54, 1.807) is 28.1 Å². The van der Waals surface area contributed by atoms with Crippen LogP contribution >= 0.6 is 0 Å². The van der Waals surface area contributed by atoms with Crippen LogP contribution in [0.3, 0.4) is 0 Å². The van der Waals surface area contributed by atoms with Gasteiger partial charge in [-0.3, -0.25) is 9.59 Å². The highest BCUT2D eigenvalue weighted by Gasteiger charge is 2.20. The number of carbonyl (C=O) groups is 2. The van der Waals surface area contributed by atoms with Crippen molar-refractivity contribution in [2.45, 2.75) is 64.6 Å². The van der Waals surface area contributed by atoms with Gasteiger partial charge in [-0.15, -0.1) is 0 Å². The van der Waals surface area contributed by atoms with Crippen molar-refractivity contribution in [2.24, 2.45) is 0 Å². The van der Waals surface area contributed by atoms with Crippen molar-refractivity contribution in [1.29, 1.82) is 0 Å². The van der Waals surface area contributed by atoms with Crippen LogP contribution in [-0.4, -0.2) is 61.8 Å². The van der Waals surface area contributed by atoms with Crippen molar-refractivity contribution in [3.63, 3.8) is 0 Å². The molecule has 4 rings (SSSR count). The minimum absolute atomic E-state index is 0.0145. The first-order valence-corrected chi connectivity index (χ1v) is 14.9. The molecule has 8 heteroatoms. The molecule has 44 heavy (non-hydrogen) atoms. The normalized spacial score (nSPS) is 13.6. The smallest absolute Gasteiger partial charge is 0.313 e. The van der Waals surface area contributed by atoms with E-state index in [2.05, 4.69) is 0 Å². The summed E-state index contributed by atoms with van der Waals surface area (Å²) in [7, 11) is 3.28. The minimum atomic E-state index is -0.459. The van der Waals surface area contributed by atoms with E-state index in [0.717, 1.165) is 44.2 Å². The zero-order valence-electron chi connectivity index (χ0n) is 26.4. The van der Waals surface area contributed by atoms with Gasteiger partial charge in [-0.2, -0.15) is 0 Å². The average Bonchev–Trinajstić information content (AvgIpc) is 3.03. The number of carbonyl (C=O) groups excluding carboxylic acids is 2. The van der Waals surface area contributed by atoms with E-state index in [1.807, 2.05) is 86.6 Å². The van der Waals surface area contributed by atoms with Crippen LogP contribution in [-0.2, 0) is 19.1 Å². The summed E-state index contributed by atoms with van der Waals surface area (Å²) in [5, 5.41) is 22.3. The lowest BCUT2D eigenvalue weighted by Crippen LogP contribution is -2.20. The Balaban J connectivity index is 0.000000240. The van der Waals surface area contributed by atoms with Crippen molar-refractivity contribution in [2.75, 3.05) is 27.4 Å². The molecule has 4 aromatic carbocycles. The average molecular weight is 605 g/mol. The maximum atomic E-state index is 12.1. The number of aliphatic hydroxyl groups excluding tert-OH is 2. The number of esters is 2. The number of methoxy groups -OCH3 is 2. The Kier molecular flexibility index (Phi) is 13.0. The number of hydrogen-bond donors (Lipinski definition) is 2. The lowest BCUT2D eigenvalue weighted by molar-refractivity contribution is -0.150. The van der Waals surface area contributed by atoms with E-state index in [9.17, 15) is 14.7 Å². The predicted octanol–water partition coefficient (Wildman–Crippen LogP) is 6.53. The van der Waals surface area contributed by atoms with Crippen LogP contribution in [0.1, 0.15) is 63.5 Å². The fourth-order valence-electron chi connectivity index (χ4n) is 4.55. The topological polar surface area (TPSA) is 112 Å². The summed E-state index contributed by atoms with van der Waals surface area (Å²) in [6, 6.07) is 23.5. The Bertz CT molecular complexity index is 1530. The Hall–Kier alpha value is -4.14. The van der Waals surface area contributed by atoms with E-state index in [4.69, 9.17) is 24.1 Å². The summed E-state index contributed by atoms with van der Waals surface area (Å²) in [4.78, 5) is 24.2. The van der Waals surface area contributed by atoms with Gasteiger partial charge in [0.05, 0.1) is 38.8 Å². The second kappa shape index (κ2) is 16.6. The van der Waals surface area contributed by atoms with Crippen LogP contribution in [0.5, 0.6) is 11.5 Å². The standard InChI is InChI=1S/2C18H22O4/c1-12(19)8-9-22-18(20)13(2)14-4-5-16-11-17(21-3)7-6-15(16)10-14;1-12(8-9-19)22-18(20)13(2)14-4-5-16-11-17(21-3)7-6-15(16)10-14/h2*4-7,10-13,19H,8-9H2,1-3H3/t2*12?,13-/m00/s1. The summed E-state index contributed by atoms with van der Waals surface area (Å²) in [5.41, 5.74) is 1.83. The molecule has 4 aromatic rings. The van der Waals surface area contributed by atoms with Crippen molar-refractivity contribution < 1.29 is 38.7 Å². The van der Waals surface area contributed by atoms with Gasteiger partial charge in [0.2, 0.25) is 0 Å². The number of ether oxygens (including phenoxy) is 4. The molecule has 0 bridgehead atoms. The summed E-state index contributed by atoms with van der Waals surface area (Å²) in [6.07, 6.45) is 0.176. The van der Waals surface area contributed by atoms with E-state index in [1.165, 1.54) is 0 Å². The molecule has 0 radical (unpaired) electrons. The number of rotatable bonds is 12. The zero-order chi connectivity index (χ0) is 32.2. The molecular weight excluding hydrogens is 560 g/mol. The zero-order valence-corrected chi connectivity index (χ0v) is 26.4. The number of aliphatic hydroxyl groups is 2. The first-order valence-electron chi connectivity index (χ1n) is 14.9. The molecule has 0 aliphatic heterocycles. The highest BCUT2D eigenvalue weighted by molar-refractivity contribution is 5.88. The van der Waals surface area contributed by atoms with Crippen LogP contribution in [0.4, 0.5) is 0 Å². The van der Waals surface area contributed by atoms with Gasteiger partial charge in [0.1, 0.15) is 17.6 Å². The molecule has 0 spiro atoms. The minimum Gasteiger partial charge on any atom is -0.497 e. The monoisotopic (exact) mass is 604 g/mol. The third-order valence-electron chi connectivity index (χ3n) is 7.48. The summed E-state index contributed by atoms with van der Waals surface area (Å²) < 4.78 is 21.0. The second-order valence-electron chi connectivity index (χ2n) is 11.0. The maximum Gasteiger partial charge on any atom is 0.313 e. The molecule has 0 aliphatic rings. The number of benzene rings is 4. The largest absolute Gasteiger partial charge is 0.497 e. The van der Waals surface area contributed by atoms with Gasteiger partial charge in [0.15, 0.2) is 0 Å². The van der Waals surface area contributed by atoms with E-state index in [0.29, 0.717) is 12.8 Å². The van der Waals surface area contributed by atoms with Crippen LogP contribution in [0.15, 0.2) is 72.8 Å². The third-order valence-corrected chi connectivity index (χ3v) is 7.48. The van der Waals surface area contributed by atoms with Gasteiger partial charge in [-0.1, -0.05) is 48.5 Å². The van der Waals surface area contributed by atoms with Crippen molar-refractivity contribution in [1.82, 2.24) is 0 Å². The summed E-state index contributed by atoms with van der Waals surface area (Å²) in [6.45, 7) is 7.38. The molecule has 4 atom stereocenters. The highest BCUT2D eigenvalue weighted by atomic mass is 16.5. The van der Waals surface area contributed by atoms with Crippen LogP contribution < -0.4 is 9.47 Å². The SMILES string of the molecule is COc1ccc2cc([C@H](C)C(=O)OC(C)CCO)ccc2c1.COc1ccc2cc([C@H](C)C(=O)OCCC(C)O)ccc2c1. The Morgan fingerprint density at radius 1 is 0.659 bits per heavy atom. The van der Waals surface area contributed by atoms with Gasteiger partial charge in [0.25, 0.3) is 0 Å². The molecule has 0 saturated heterocycles. The molecule has 236 valence electrons. The number of hydrogen-bond acceptors (Lipinski definition) is 8. The maximum absolute atomic E-state index is 12.1. The highest BCUT2D eigenvalue weighted by Crippen LogP contribution is 2.27. The fraction of sp³-hybridized carbons (Fsp3) is 0.389. The fourth-order valence-corrected chi connectivity index (χ4v) is 4.55. The van der Waals surface area contributed by atoms with Crippen LogP contribution in [0, 0.1) is 0 Å². The molecule has 0 heterocycles. The third kappa shape index (κ3) is 9.69. The Morgan fingerprint density at radius 2 is 1.11 bits per heavy atom. The van der Waals surface area contributed by atoms with Gasteiger partial charge in [-0.25, -0.2) is 0 Å². The molecule has 2 unspecified atom stereocenters. The van der Waals surface area contributed by atoms with Crippen molar-refractivity contribution in [3.8, 4) is 11.5 Å². The lowest BCUT2D eigenvalue weighted by atomic mass is 9.97. The van der Waals surface area contributed by atoms with Crippen molar-refractivity contribution >= 4 is 33.5 Å². The van der Waals surface area contributed by atoms with Crippen molar-refractivity contribution in [3.05, 3.63) is 83.9 Å². The second-order valence-corrected chi connectivity index (χ2v) is 11.0. The molecule has 0 aromatic heterocycles. The quantitative estimate of drug-likeness (QED) is 0.176. The van der Waals surface area contributed by atoms with Gasteiger partial charge in [0, 0.05) is 19.4 Å². The molecule has 0 amide bonds. The Morgan fingerprint density at radius 3 is 1.57 bits per heavy atom. The summed E-state index contributed by atoms with van der Waals surface area (Å²) in [5.74, 6) is 0.409. The lowest BCUT2D eigenvalue weighted by Gasteiger charge is -2.17. The molecular formula is C36H44O8. The van der Waals surface area contributed by atoms with E-state index in [-0.39, 0.29) is 43.1 Å². The summed E-state index contributed by atoms with van der Waals surface area (Å²) >= 11 is 0. The van der Waals surface area contributed by atoms with Gasteiger partial charge >= 0.3 is 11.9 Å². The number of fused-ring (bicyclic) bond motifs is 2. The first kappa shape index (κ1) is 34.4. The van der Waals surface area contributed by atoms with Gasteiger partial charge in [-0.05, 0) is 84.6 Å². The van der Waals surface area contributed by atoms with E-state index >= 15 is 0 Å². The van der Waals surface area contributed by atoms with Crippen LogP contribution in [0.25, 0.3) is 21.5 Å². The van der Waals surface area contributed by atoms with E-state index < -0.39 is 6.10 Å².